The van der Waals surface area contributed by atoms with Crippen molar-refractivity contribution in [1.29, 1.82) is 0 Å². The monoisotopic (exact) mass is 335 g/mol. The van der Waals surface area contributed by atoms with Crippen LogP contribution in [0.15, 0.2) is 72.8 Å². The van der Waals surface area contributed by atoms with Gasteiger partial charge in [0.2, 0.25) is 0 Å². The Hall–Kier alpha value is -3.14. The van der Waals surface area contributed by atoms with Gasteiger partial charge in [0.15, 0.2) is 0 Å². The molecule has 0 saturated carbocycles. The summed E-state index contributed by atoms with van der Waals surface area (Å²) in [6.07, 6.45) is 0. The van der Waals surface area contributed by atoms with Crippen LogP contribution < -0.4 is 10.1 Å². The number of anilines is 1. The quantitative estimate of drug-likeness (QED) is 0.715. The van der Waals surface area contributed by atoms with Gasteiger partial charge < -0.3 is 10.1 Å². The third-order valence-electron chi connectivity index (χ3n) is 3.84. The van der Waals surface area contributed by atoms with Gasteiger partial charge in [-0.1, -0.05) is 36.4 Å². The number of hydrogen-bond acceptors (Lipinski definition) is 2. The maximum absolute atomic E-state index is 13.2. The molecule has 3 aromatic rings. The lowest BCUT2D eigenvalue weighted by atomic mass is 10.1. The van der Waals surface area contributed by atoms with Crippen LogP contribution in [0.3, 0.4) is 0 Å². The first-order valence-corrected chi connectivity index (χ1v) is 7.97. The van der Waals surface area contributed by atoms with Crippen LogP contribution in [0.1, 0.15) is 21.5 Å². The molecule has 0 heterocycles. The Morgan fingerprint density at radius 2 is 1.72 bits per heavy atom. The van der Waals surface area contributed by atoms with E-state index in [-0.39, 0.29) is 18.3 Å². The molecule has 0 aromatic heterocycles. The Balaban J connectivity index is 1.76. The number of hydrogen-bond donors (Lipinski definition) is 1. The van der Waals surface area contributed by atoms with Gasteiger partial charge in [-0.3, -0.25) is 4.79 Å². The largest absolute Gasteiger partial charge is 0.489 e. The number of aryl methyl sites for hydroxylation is 1. The highest BCUT2D eigenvalue weighted by Gasteiger charge is 2.13. The molecular formula is C21H18FNO2. The van der Waals surface area contributed by atoms with E-state index in [2.05, 4.69) is 5.32 Å². The highest BCUT2D eigenvalue weighted by Crippen LogP contribution is 2.19. The van der Waals surface area contributed by atoms with Gasteiger partial charge in [-0.15, -0.1) is 0 Å². The normalized spacial score (nSPS) is 10.3. The van der Waals surface area contributed by atoms with Crippen LogP contribution >= 0.6 is 0 Å². The van der Waals surface area contributed by atoms with Gasteiger partial charge in [-0.25, -0.2) is 4.39 Å². The third-order valence-corrected chi connectivity index (χ3v) is 3.84. The minimum atomic E-state index is -0.327. The maximum atomic E-state index is 13.2. The fraction of sp³-hybridized carbons (Fsp3) is 0.0952. The fourth-order valence-corrected chi connectivity index (χ4v) is 2.50. The highest BCUT2D eigenvalue weighted by atomic mass is 19.1. The molecule has 1 amide bonds. The number of carbonyl (C=O) groups excluding carboxylic acids is 1. The lowest BCUT2D eigenvalue weighted by Gasteiger charge is -2.12. The van der Waals surface area contributed by atoms with Gasteiger partial charge in [-0.2, -0.15) is 0 Å². The first-order chi connectivity index (χ1) is 12.1. The second kappa shape index (κ2) is 7.62. The predicted molar refractivity (Wildman–Crippen MR) is 96.3 cm³/mol. The predicted octanol–water partition coefficient (Wildman–Crippen LogP) is 4.97. The van der Waals surface area contributed by atoms with Crippen molar-refractivity contribution >= 4 is 11.6 Å². The van der Waals surface area contributed by atoms with Gasteiger partial charge in [0.1, 0.15) is 18.2 Å². The number of ether oxygens (including phenoxy) is 1. The molecule has 0 unspecified atom stereocenters. The Morgan fingerprint density at radius 3 is 2.48 bits per heavy atom. The summed E-state index contributed by atoms with van der Waals surface area (Å²) in [5.41, 5.74) is 2.57. The minimum absolute atomic E-state index is 0.248. The molecular weight excluding hydrogens is 317 g/mol. The number of benzene rings is 3. The van der Waals surface area contributed by atoms with Crippen molar-refractivity contribution < 1.29 is 13.9 Å². The van der Waals surface area contributed by atoms with Gasteiger partial charge in [0, 0.05) is 16.8 Å². The summed E-state index contributed by atoms with van der Waals surface area (Å²) >= 11 is 0. The summed E-state index contributed by atoms with van der Waals surface area (Å²) in [4.78, 5) is 12.6. The van der Waals surface area contributed by atoms with Gasteiger partial charge in [0.25, 0.3) is 5.91 Å². The molecule has 0 aliphatic rings. The molecule has 0 atom stereocenters. The van der Waals surface area contributed by atoms with Crippen molar-refractivity contribution in [2.24, 2.45) is 0 Å². The van der Waals surface area contributed by atoms with E-state index in [1.54, 1.807) is 25.1 Å². The van der Waals surface area contributed by atoms with Crippen LogP contribution in [0.25, 0.3) is 0 Å². The van der Waals surface area contributed by atoms with Crippen molar-refractivity contribution in [3.8, 4) is 5.75 Å². The number of rotatable bonds is 5. The molecule has 0 radical (unpaired) electrons. The van der Waals surface area contributed by atoms with E-state index >= 15 is 0 Å². The third kappa shape index (κ3) is 4.23. The van der Waals surface area contributed by atoms with Crippen molar-refractivity contribution in [3.63, 3.8) is 0 Å². The second-order valence-corrected chi connectivity index (χ2v) is 5.67. The second-order valence-electron chi connectivity index (χ2n) is 5.67. The van der Waals surface area contributed by atoms with E-state index in [1.165, 1.54) is 12.1 Å². The number of nitrogens with one attached hydrogen (secondary N) is 1. The molecule has 1 N–H and O–H groups in total. The van der Waals surface area contributed by atoms with Crippen LogP contribution in [0.4, 0.5) is 10.1 Å². The van der Waals surface area contributed by atoms with Crippen LogP contribution in [-0.4, -0.2) is 5.91 Å². The maximum Gasteiger partial charge on any atom is 0.256 e. The Bertz CT molecular complexity index is 878. The Labute approximate surface area is 146 Å². The van der Waals surface area contributed by atoms with E-state index in [9.17, 15) is 9.18 Å². The summed E-state index contributed by atoms with van der Waals surface area (Å²) < 4.78 is 18.9. The molecule has 0 saturated heterocycles. The van der Waals surface area contributed by atoms with Crippen LogP contribution in [-0.2, 0) is 6.61 Å². The van der Waals surface area contributed by atoms with Crippen LogP contribution in [0.2, 0.25) is 0 Å². The van der Waals surface area contributed by atoms with E-state index in [0.29, 0.717) is 16.8 Å². The van der Waals surface area contributed by atoms with Crippen molar-refractivity contribution in [3.05, 3.63) is 95.3 Å². The number of carbonyl (C=O) groups is 1. The zero-order chi connectivity index (χ0) is 17.6. The summed E-state index contributed by atoms with van der Waals surface area (Å²) in [7, 11) is 0. The molecule has 25 heavy (non-hydrogen) atoms. The van der Waals surface area contributed by atoms with Crippen molar-refractivity contribution in [1.82, 2.24) is 0 Å². The molecule has 126 valence electrons. The average molecular weight is 335 g/mol. The molecule has 3 nitrogen and oxygen atoms in total. The SMILES string of the molecule is Cc1cc(F)ccc1NC(=O)c1ccccc1COc1ccccc1. The standard InChI is InChI=1S/C21H18FNO2/c1-15-13-17(22)11-12-20(15)23-21(24)19-10-6-5-7-16(19)14-25-18-8-3-2-4-9-18/h2-13H,14H2,1H3,(H,23,24). The summed E-state index contributed by atoms with van der Waals surface area (Å²) in [6.45, 7) is 2.04. The highest BCUT2D eigenvalue weighted by molar-refractivity contribution is 6.05. The van der Waals surface area contributed by atoms with Gasteiger partial charge >= 0.3 is 0 Å². The number of amides is 1. The summed E-state index contributed by atoms with van der Waals surface area (Å²) in [5.74, 6) is 0.168. The first kappa shape index (κ1) is 16.7. The first-order valence-electron chi connectivity index (χ1n) is 7.97. The molecule has 0 spiro atoms. The number of para-hydroxylation sites is 1. The number of halogens is 1. The molecule has 3 aromatic carbocycles. The summed E-state index contributed by atoms with van der Waals surface area (Å²) in [5, 5.41) is 2.83. The van der Waals surface area contributed by atoms with Crippen LogP contribution in [0, 0.1) is 12.7 Å². The molecule has 4 heteroatoms. The molecule has 3 rings (SSSR count). The topological polar surface area (TPSA) is 38.3 Å². The van der Waals surface area contributed by atoms with Crippen molar-refractivity contribution in [2.45, 2.75) is 13.5 Å². The van der Waals surface area contributed by atoms with Gasteiger partial charge in [-0.05, 0) is 48.9 Å². The lowest BCUT2D eigenvalue weighted by molar-refractivity contribution is 0.102. The lowest BCUT2D eigenvalue weighted by Crippen LogP contribution is -2.16. The Morgan fingerprint density at radius 1 is 1.00 bits per heavy atom. The molecule has 0 aliphatic carbocycles. The molecule has 0 fully saturated rings. The van der Waals surface area contributed by atoms with Crippen LogP contribution in [0.5, 0.6) is 5.75 Å². The van der Waals surface area contributed by atoms with E-state index < -0.39 is 0 Å². The zero-order valence-corrected chi connectivity index (χ0v) is 13.8. The van der Waals surface area contributed by atoms with E-state index in [4.69, 9.17) is 4.74 Å². The molecule has 0 bridgehead atoms. The van der Waals surface area contributed by atoms with Gasteiger partial charge in [0.05, 0.1) is 0 Å². The Kier molecular flexibility index (Phi) is 5.09. The zero-order valence-electron chi connectivity index (χ0n) is 13.8. The fourth-order valence-electron chi connectivity index (χ4n) is 2.50. The molecule has 0 aliphatic heterocycles. The smallest absolute Gasteiger partial charge is 0.256 e. The van der Waals surface area contributed by atoms with E-state index in [0.717, 1.165) is 11.3 Å². The average Bonchev–Trinajstić information content (AvgIpc) is 2.63. The van der Waals surface area contributed by atoms with E-state index in [1.807, 2.05) is 42.5 Å². The summed E-state index contributed by atoms with van der Waals surface area (Å²) in [6, 6.07) is 21.0. The van der Waals surface area contributed by atoms with Crippen molar-refractivity contribution in [2.75, 3.05) is 5.32 Å². The minimum Gasteiger partial charge on any atom is -0.489 e.